The maximum absolute atomic E-state index is 13.0. The van der Waals surface area contributed by atoms with Crippen molar-refractivity contribution in [2.75, 3.05) is 45.2 Å². The number of methoxy groups -OCH3 is 1. The Kier molecular flexibility index (Phi) is 7.76. The van der Waals surface area contributed by atoms with Crippen molar-refractivity contribution in [2.45, 2.75) is 52.0 Å². The highest BCUT2D eigenvalue weighted by Gasteiger charge is 2.28. The van der Waals surface area contributed by atoms with E-state index in [4.69, 9.17) is 4.74 Å². The maximum Gasteiger partial charge on any atom is 0.239 e. The molecule has 0 bridgehead atoms. The fourth-order valence-electron chi connectivity index (χ4n) is 5.30. The summed E-state index contributed by atoms with van der Waals surface area (Å²) in [4.78, 5) is 29.7. The molecule has 186 valence electrons. The van der Waals surface area contributed by atoms with E-state index in [1.165, 1.54) is 12.8 Å². The molecule has 4 rings (SSSR count). The van der Waals surface area contributed by atoms with Crippen LogP contribution in [0, 0.1) is 25.2 Å². The molecular formula is C27H35N5O3. The zero-order valence-electron chi connectivity index (χ0n) is 21.0. The fraction of sp³-hybridized carbons (Fsp3) is 0.519. The number of nitrogens with one attached hydrogen (secondary N) is 1. The van der Waals surface area contributed by atoms with Gasteiger partial charge >= 0.3 is 0 Å². The van der Waals surface area contributed by atoms with Crippen LogP contribution in [-0.4, -0.2) is 66.0 Å². The van der Waals surface area contributed by atoms with E-state index >= 15 is 0 Å². The Bertz CT molecular complexity index is 1120. The molecule has 1 saturated carbocycles. The van der Waals surface area contributed by atoms with Crippen LogP contribution in [0.1, 0.15) is 54.1 Å². The number of anilines is 1. The summed E-state index contributed by atoms with van der Waals surface area (Å²) >= 11 is 0. The number of aromatic nitrogens is 1. The largest absolute Gasteiger partial charge is 0.497 e. The summed E-state index contributed by atoms with van der Waals surface area (Å²) < 4.78 is 7.42. The number of nitriles is 1. The van der Waals surface area contributed by atoms with Gasteiger partial charge in [-0.05, 0) is 49.9 Å². The van der Waals surface area contributed by atoms with Gasteiger partial charge in [0.2, 0.25) is 11.8 Å². The maximum atomic E-state index is 13.0. The Morgan fingerprint density at radius 3 is 2.51 bits per heavy atom. The second-order valence-electron chi connectivity index (χ2n) is 9.59. The first kappa shape index (κ1) is 24.8. The number of carbonyl (C=O) groups excluding carboxylic acids is 2. The van der Waals surface area contributed by atoms with Crippen LogP contribution in [-0.2, 0) is 16.0 Å². The number of benzene rings is 1. The lowest BCUT2D eigenvalue weighted by molar-refractivity contribution is -0.132. The molecule has 8 nitrogen and oxygen atoms in total. The smallest absolute Gasteiger partial charge is 0.239 e. The molecule has 1 aliphatic heterocycles. The van der Waals surface area contributed by atoms with E-state index in [0.29, 0.717) is 50.0 Å². The number of rotatable bonds is 7. The molecule has 35 heavy (non-hydrogen) atoms. The summed E-state index contributed by atoms with van der Waals surface area (Å²) in [5.74, 6) is 1.36. The summed E-state index contributed by atoms with van der Waals surface area (Å²) in [5, 5.41) is 12.8. The van der Waals surface area contributed by atoms with Crippen molar-refractivity contribution in [3.05, 3.63) is 46.6 Å². The van der Waals surface area contributed by atoms with Crippen LogP contribution >= 0.6 is 0 Å². The molecule has 1 aromatic heterocycles. The van der Waals surface area contributed by atoms with Gasteiger partial charge in [-0.3, -0.25) is 14.5 Å². The standard InChI is InChI=1S/C27H35N5O3/c1-19-20(2)32(22-8-4-5-9-22)27(24(19)17-28)29-25(33)18-30-11-13-31(14-12-30)26(34)16-21-7-6-10-23(15-21)35-3/h6-7,10,15,22H,4-5,8-9,11-14,16,18H2,1-3H3,(H,29,33). The molecule has 0 atom stereocenters. The van der Waals surface area contributed by atoms with E-state index in [1.807, 2.05) is 43.0 Å². The predicted molar refractivity (Wildman–Crippen MR) is 134 cm³/mol. The lowest BCUT2D eigenvalue weighted by atomic mass is 10.1. The molecule has 1 saturated heterocycles. The van der Waals surface area contributed by atoms with Crippen molar-refractivity contribution in [3.8, 4) is 11.8 Å². The normalized spacial score (nSPS) is 16.8. The van der Waals surface area contributed by atoms with Gasteiger partial charge in [0, 0.05) is 37.9 Å². The first-order valence-corrected chi connectivity index (χ1v) is 12.5. The Morgan fingerprint density at radius 1 is 1.14 bits per heavy atom. The number of piperazine rings is 1. The molecule has 1 aliphatic carbocycles. The summed E-state index contributed by atoms with van der Waals surface area (Å²) in [6.45, 7) is 6.71. The molecule has 0 unspecified atom stereocenters. The third kappa shape index (κ3) is 5.51. The number of nitrogens with zero attached hydrogens (tertiary/aromatic N) is 4. The van der Waals surface area contributed by atoms with Gasteiger partial charge in [0.15, 0.2) is 0 Å². The zero-order chi connectivity index (χ0) is 24.9. The van der Waals surface area contributed by atoms with E-state index in [9.17, 15) is 14.9 Å². The van der Waals surface area contributed by atoms with Gasteiger partial charge in [-0.1, -0.05) is 25.0 Å². The first-order chi connectivity index (χ1) is 16.9. The van der Waals surface area contributed by atoms with Gasteiger partial charge in [-0.15, -0.1) is 0 Å². The molecule has 2 amide bonds. The highest BCUT2D eigenvalue weighted by molar-refractivity contribution is 5.93. The quantitative estimate of drug-likeness (QED) is 0.660. The van der Waals surface area contributed by atoms with E-state index < -0.39 is 0 Å². The molecular weight excluding hydrogens is 442 g/mol. The van der Waals surface area contributed by atoms with Crippen molar-refractivity contribution < 1.29 is 14.3 Å². The van der Waals surface area contributed by atoms with Crippen molar-refractivity contribution in [3.63, 3.8) is 0 Å². The van der Waals surface area contributed by atoms with Crippen LogP contribution in [0.3, 0.4) is 0 Å². The van der Waals surface area contributed by atoms with Crippen LogP contribution in [0.25, 0.3) is 0 Å². The van der Waals surface area contributed by atoms with Crippen LogP contribution in [0.2, 0.25) is 0 Å². The van der Waals surface area contributed by atoms with Crippen LogP contribution in [0.15, 0.2) is 24.3 Å². The molecule has 2 fully saturated rings. The highest BCUT2D eigenvalue weighted by atomic mass is 16.5. The van der Waals surface area contributed by atoms with E-state index in [0.717, 1.165) is 35.4 Å². The number of carbonyl (C=O) groups is 2. The number of amides is 2. The monoisotopic (exact) mass is 477 g/mol. The number of hydrogen-bond acceptors (Lipinski definition) is 5. The van der Waals surface area contributed by atoms with Gasteiger partial charge in [-0.2, -0.15) is 5.26 Å². The van der Waals surface area contributed by atoms with Crippen molar-refractivity contribution in [1.29, 1.82) is 5.26 Å². The summed E-state index contributed by atoms with van der Waals surface area (Å²) in [6.07, 6.45) is 4.85. The lowest BCUT2D eigenvalue weighted by Gasteiger charge is -2.34. The summed E-state index contributed by atoms with van der Waals surface area (Å²) in [7, 11) is 1.62. The molecule has 2 aliphatic rings. The Morgan fingerprint density at radius 2 is 1.86 bits per heavy atom. The Hall–Kier alpha value is -3.31. The highest BCUT2D eigenvalue weighted by Crippen LogP contribution is 2.37. The zero-order valence-corrected chi connectivity index (χ0v) is 21.0. The van der Waals surface area contributed by atoms with Gasteiger partial charge < -0.3 is 19.5 Å². The minimum absolute atomic E-state index is 0.0846. The molecule has 1 N–H and O–H groups in total. The topological polar surface area (TPSA) is 90.6 Å². The first-order valence-electron chi connectivity index (χ1n) is 12.5. The van der Waals surface area contributed by atoms with Crippen LogP contribution < -0.4 is 10.1 Å². The van der Waals surface area contributed by atoms with E-state index in [1.54, 1.807) is 7.11 Å². The second-order valence-corrected chi connectivity index (χ2v) is 9.59. The van der Waals surface area contributed by atoms with E-state index in [2.05, 4.69) is 20.9 Å². The average Bonchev–Trinajstić information content (AvgIpc) is 3.46. The number of ether oxygens (including phenoxy) is 1. The van der Waals surface area contributed by atoms with Crippen molar-refractivity contribution >= 4 is 17.6 Å². The van der Waals surface area contributed by atoms with Gasteiger partial charge in [0.25, 0.3) is 0 Å². The van der Waals surface area contributed by atoms with Crippen molar-refractivity contribution in [2.24, 2.45) is 0 Å². The van der Waals surface area contributed by atoms with Crippen LogP contribution in [0.4, 0.5) is 5.82 Å². The van der Waals surface area contributed by atoms with E-state index in [-0.39, 0.29) is 18.4 Å². The SMILES string of the molecule is COc1cccc(CC(=O)N2CCN(CC(=O)Nc3c(C#N)c(C)c(C)n3C3CCCC3)CC2)c1. The lowest BCUT2D eigenvalue weighted by Crippen LogP contribution is -2.50. The fourth-order valence-corrected chi connectivity index (χ4v) is 5.30. The molecule has 2 aromatic rings. The minimum Gasteiger partial charge on any atom is -0.497 e. The minimum atomic E-state index is -0.116. The summed E-state index contributed by atoms with van der Waals surface area (Å²) in [6, 6.07) is 10.2. The van der Waals surface area contributed by atoms with Gasteiger partial charge in [0.05, 0.1) is 25.6 Å². The van der Waals surface area contributed by atoms with Crippen molar-refractivity contribution in [1.82, 2.24) is 14.4 Å². The molecule has 8 heteroatoms. The van der Waals surface area contributed by atoms with Crippen LogP contribution in [0.5, 0.6) is 5.75 Å². The molecule has 1 aromatic carbocycles. The average molecular weight is 478 g/mol. The molecule has 0 radical (unpaired) electrons. The number of hydrogen-bond donors (Lipinski definition) is 1. The molecule has 0 spiro atoms. The predicted octanol–water partition coefficient (Wildman–Crippen LogP) is 3.43. The van der Waals surface area contributed by atoms with Gasteiger partial charge in [-0.25, -0.2) is 0 Å². The third-order valence-corrected chi connectivity index (χ3v) is 7.40. The van der Waals surface area contributed by atoms with Gasteiger partial charge in [0.1, 0.15) is 17.6 Å². The third-order valence-electron chi connectivity index (χ3n) is 7.40. The Balaban J connectivity index is 1.33. The second kappa shape index (κ2) is 11.0. The molecule has 2 heterocycles. The Labute approximate surface area is 207 Å². The summed E-state index contributed by atoms with van der Waals surface area (Å²) in [5.41, 5.74) is 3.50.